The summed E-state index contributed by atoms with van der Waals surface area (Å²) in [6.45, 7) is 1.95. The molecule has 0 unspecified atom stereocenters. The molecule has 20 heavy (non-hydrogen) atoms. The molecular weight excluding hydrogens is 252 g/mol. The first-order chi connectivity index (χ1) is 9.70. The van der Waals surface area contributed by atoms with Crippen molar-refractivity contribution in [2.24, 2.45) is 5.84 Å². The molecule has 2 aromatic carbocycles. The van der Waals surface area contributed by atoms with Crippen molar-refractivity contribution in [3.8, 4) is 5.69 Å². The molecule has 1 aromatic heterocycles. The van der Waals surface area contributed by atoms with E-state index in [1.807, 2.05) is 55.5 Å². The average Bonchev–Trinajstić information content (AvgIpc) is 2.48. The lowest BCUT2D eigenvalue weighted by Crippen LogP contribution is -2.26. The van der Waals surface area contributed by atoms with Gasteiger partial charge in [0.1, 0.15) is 0 Å². The Balaban J connectivity index is 2.41. The van der Waals surface area contributed by atoms with Crippen molar-refractivity contribution in [3.63, 3.8) is 0 Å². The number of benzene rings is 2. The van der Waals surface area contributed by atoms with Crippen LogP contribution < -0.4 is 16.8 Å². The number of nitrogens with two attached hydrogens (primary N) is 1. The number of fused-ring (bicyclic) bond motifs is 1. The average molecular weight is 266 g/mol. The summed E-state index contributed by atoms with van der Waals surface area (Å²) < 4.78 is 1.47. The number of rotatable bonds is 2. The van der Waals surface area contributed by atoms with E-state index in [9.17, 15) is 4.79 Å². The number of nitrogens with zero attached hydrogens (tertiary/aromatic N) is 2. The van der Waals surface area contributed by atoms with Gasteiger partial charge < -0.3 is 0 Å². The Labute approximate surface area is 115 Å². The van der Waals surface area contributed by atoms with Crippen molar-refractivity contribution in [1.82, 2.24) is 9.55 Å². The van der Waals surface area contributed by atoms with Gasteiger partial charge in [-0.1, -0.05) is 29.8 Å². The minimum atomic E-state index is -0.141. The van der Waals surface area contributed by atoms with Gasteiger partial charge in [-0.15, -0.1) is 0 Å². The molecular formula is C15H14N4O. The lowest BCUT2D eigenvalue weighted by atomic mass is 10.1. The van der Waals surface area contributed by atoms with Gasteiger partial charge >= 0.3 is 0 Å². The summed E-state index contributed by atoms with van der Waals surface area (Å²) in [5.74, 6) is 5.82. The molecule has 0 radical (unpaired) electrons. The molecule has 0 fully saturated rings. The quantitative estimate of drug-likeness (QED) is 0.549. The summed E-state index contributed by atoms with van der Waals surface area (Å²) in [6.07, 6.45) is 0. The highest BCUT2D eigenvalue weighted by Crippen LogP contribution is 2.16. The normalized spacial score (nSPS) is 10.7. The van der Waals surface area contributed by atoms with Crippen LogP contribution in [-0.2, 0) is 0 Å². The van der Waals surface area contributed by atoms with E-state index in [4.69, 9.17) is 5.84 Å². The third-order valence-corrected chi connectivity index (χ3v) is 3.17. The number of aromatic nitrogens is 2. The van der Waals surface area contributed by atoms with Crippen LogP contribution >= 0.6 is 0 Å². The van der Waals surface area contributed by atoms with Crippen molar-refractivity contribution in [2.45, 2.75) is 6.92 Å². The fourth-order valence-electron chi connectivity index (χ4n) is 2.21. The van der Waals surface area contributed by atoms with E-state index in [1.54, 1.807) is 0 Å². The van der Waals surface area contributed by atoms with Crippen LogP contribution in [0.2, 0.25) is 0 Å². The Morgan fingerprint density at radius 3 is 2.60 bits per heavy atom. The number of hydrazine groups is 1. The SMILES string of the molecule is Cc1ccc2nc(NN)n(-c3ccccc3)c(=O)c2c1. The van der Waals surface area contributed by atoms with E-state index in [0.717, 1.165) is 11.3 Å². The van der Waals surface area contributed by atoms with E-state index in [2.05, 4.69) is 10.4 Å². The molecule has 5 nitrogen and oxygen atoms in total. The summed E-state index contributed by atoms with van der Waals surface area (Å²) in [7, 11) is 0. The molecule has 0 aliphatic carbocycles. The van der Waals surface area contributed by atoms with Gasteiger partial charge in [0.05, 0.1) is 16.6 Å². The molecule has 3 rings (SSSR count). The van der Waals surface area contributed by atoms with Gasteiger partial charge in [0.25, 0.3) is 5.56 Å². The van der Waals surface area contributed by atoms with Crippen molar-refractivity contribution in [2.75, 3.05) is 5.43 Å². The first-order valence-electron chi connectivity index (χ1n) is 6.26. The maximum Gasteiger partial charge on any atom is 0.267 e. The standard InChI is InChI=1S/C15H14N4O/c1-10-7-8-13-12(9-10)14(20)19(15(17-13)18-16)11-5-3-2-4-6-11/h2-9H,16H2,1H3,(H,17,18). The van der Waals surface area contributed by atoms with Gasteiger partial charge in [-0.3, -0.25) is 10.2 Å². The molecule has 100 valence electrons. The molecule has 5 heteroatoms. The van der Waals surface area contributed by atoms with Gasteiger partial charge in [0.15, 0.2) is 0 Å². The van der Waals surface area contributed by atoms with Crippen LogP contribution in [0, 0.1) is 6.92 Å². The van der Waals surface area contributed by atoms with Crippen molar-refractivity contribution >= 4 is 16.9 Å². The van der Waals surface area contributed by atoms with Crippen molar-refractivity contribution in [3.05, 3.63) is 64.4 Å². The first-order valence-corrected chi connectivity index (χ1v) is 6.26. The summed E-state index contributed by atoms with van der Waals surface area (Å²) >= 11 is 0. The zero-order valence-electron chi connectivity index (χ0n) is 11.0. The largest absolute Gasteiger partial charge is 0.293 e. The van der Waals surface area contributed by atoms with Gasteiger partial charge in [-0.05, 0) is 31.2 Å². The molecule has 0 saturated heterocycles. The smallest absolute Gasteiger partial charge is 0.267 e. The molecule has 0 bridgehead atoms. The molecule has 0 amide bonds. The molecule has 0 aliphatic heterocycles. The van der Waals surface area contributed by atoms with E-state index < -0.39 is 0 Å². The summed E-state index contributed by atoms with van der Waals surface area (Å²) in [5.41, 5.74) is 4.72. The number of anilines is 1. The maximum absolute atomic E-state index is 12.7. The number of hydrogen-bond donors (Lipinski definition) is 2. The van der Waals surface area contributed by atoms with Crippen molar-refractivity contribution < 1.29 is 0 Å². The zero-order chi connectivity index (χ0) is 14.1. The van der Waals surface area contributed by atoms with E-state index in [0.29, 0.717) is 16.9 Å². The number of nitrogens with one attached hydrogen (secondary N) is 1. The second-order valence-corrected chi connectivity index (χ2v) is 4.58. The minimum Gasteiger partial charge on any atom is -0.293 e. The topological polar surface area (TPSA) is 72.9 Å². The second kappa shape index (κ2) is 4.79. The summed E-state index contributed by atoms with van der Waals surface area (Å²) in [4.78, 5) is 17.1. The van der Waals surface area contributed by atoms with Gasteiger partial charge in [0, 0.05) is 0 Å². The van der Waals surface area contributed by atoms with Crippen molar-refractivity contribution in [1.29, 1.82) is 0 Å². The molecule has 0 saturated carbocycles. The van der Waals surface area contributed by atoms with Crippen LogP contribution in [-0.4, -0.2) is 9.55 Å². The molecule has 1 heterocycles. The fraction of sp³-hybridized carbons (Fsp3) is 0.0667. The van der Waals surface area contributed by atoms with Crippen LogP contribution in [0.5, 0.6) is 0 Å². The monoisotopic (exact) mass is 266 g/mol. The zero-order valence-corrected chi connectivity index (χ0v) is 11.0. The molecule has 0 spiro atoms. The maximum atomic E-state index is 12.7. The predicted molar refractivity (Wildman–Crippen MR) is 79.9 cm³/mol. The Bertz CT molecular complexity index is 824. The molecule has 0 atom stereocenters. The van der Waals surface area contributed by atoms with Crippen LogP contribution in [0.1, 0.15) is 5.56 Å². The molecule has 0 aliphatic rings. The third-order valence-electron chi connectivity index (χ3n) is 3.17. The summed E-state index contributed by atoms with van der Waals surface area (Å²) in [5, 5.41) is 0.577. The van der Waals surface area contributed by atoms with Crippen LogP contribution in [0.15, 0.2) is 53.3 Å². The lowest BCUT2D eigenvalue weighted by molar-refractivity contribution is 0.955. The van der Waals surface area contributed by atoms with Crippen LogP contribution in [0.25, 0.3) is 16.6 Å². The van der Waals surface area contributed by atoms with E-state index in [1.165, 1.54) is 4.57 Å². The second-order valence-electron chi connectivity index (χ2n) is 4.58. The van der Waals surface area contributed by atoms with Gasteiger partial charge in [-0.2, -0.15) is 0 Å². The van der Waals surface area contributed by atoms with Crippen LogP contribution in [0.4, 0.5) is 5.95 Å². The number of para-hydroxylation sites is 1. The number of nitrogen functional groups attached to an aromatic ring is 1. The Morgan fingerprint density at radius 2 is 1.90 bits per heavy atom. The first kappa shape index (κ1) is 12.4. The lowest BCUT2D eigenvalue weighted by Gasteiger charge is -2.12. The van der Waals surface area contributed by atoms with E-state index >= 15 is 0 Å². The van der Waals surface area contributed by atoms with Gasteiger partial charge in [-0.25, -0.2) is 15.4 Å². The van der Waals surface area contributed by atoms with Crippen LogP contribution in [0.3, 0.4) is 0 Å². The Kier molecular flexibility index (Phi) is 2.96. The Hall–Kier alpha value is -2.66. The number of hydrogen-bond acceptors (Lipinski definition) is 4. The highest BCUT2D eigenvalue weighted by Gasteiger charge is 2.11. The van der Waals surface area contributed by atoms with E-state index in [-0.39, 0.29) is 5.56 Å². The summed E-state index contributed by atoms with van der Waals surface area (Å²) in [6, 6.07) is 14.9. The molecule has 3 N–H and O–H groups in total. The fourth-order valence-corrected chi connectivity index (χ4v) is 2.21. The minimum absolute atomic E-state index is 0.141. The highest BCUT2D eigenvalue weighted by molar-refractivity contribution is 5.80. The third kappa shape index (κ3) is 1.94. The number of aryl methyl sites for hydroxylation is 1. The Morgan fingerprint density at radius 1 is 1.15 bits per heavy atom. The molecule has 3 aromatic rings. The predicted octanol–water partition coefficient (Wildman–Crippen LogP) is 1.98. The van der Waals surface area contributed by atoms with Gasteiger partial charge in [0.2, 0.25) is 5.95 Å². The highest BCUT2D eigenvalue weighted by atomic mass is 16.1.